The predicted molar refractivity (Wildman–Crippen MR) is 87.6 cm³/mol. The lowest BCUT2D eigenvalue weighted by Gasteiger charge is -2.09. The second-order valence-corrected chi connectivity index (χ2v) is 5.70. The maximum Gasteiger partial charge on any atom is 0.292 e. The van der Waals surface area contributed by atoms with Gasteiger partial charge in [0.1, 0.15) is 5.92 Å². The van der Waals surface area contributed by atoms with E-state index in [0.29, 0.717) is 22.0 Å². The SMILES string of the molecule is Cc1ccc(NC(=O)C(=O)C2C(=O)Nc3ccccc32)cc1Cl. The Hall–Kier alpha value is -2.66. The number of hydrogen-bond acceptors (Lipinski definition) is 3. The van der Waals surface area contributed by atoms with Crippen LogP contribution in [-0.2, 0) is 14.4 Å². The number of nitrogens with one attached hydrogen (secondary N) is 2. The molecule has 1 aliphatic rings. The molecule has 2 aromatic carbocycles. The highest BCUT2D eigenvalue weighted by atomic mass is 35.5. The van der Waals surface area contributed by atoms with Crippen LogP contribution in [0.4, 0.5) is 11.4 Å². The van der Waals surface area contributed by atoms with Crippen molar-refractivity contribution < 1.29 is 14.4 Å². The summed E-state index contributed by atoms with van der Waals surface area (Å²) in [6.07, 6.45) is 0. The van der Waals surface area contributed by atoms with Crippen molar-refractivity contribution >= 4 is 40.6 Å². The molecule has 6 heteroatoms. The van der Waals surface area contributed by atoms with Crippen molar-refractivity contribution in [1.29, 1.82) is 0 Å². The first-order chi connectivity index (χ1) is 11.0. The van der Waals surface area contributed by atoms with Crippen molar-refractivity contribution in [2.75, 3.05) is 10.6 Å². The number of para-hydroxylation sites is 1. The quantitative estimate of drug-likeness (QED) is 0.672. The molecule has 1 heterocycles. The van der Waals surface area contributed by atoms with Gasteiger partial charge in [0.25, 0.3) is 5.91 Å². The van der Waals surface area contributed by atoms with E-state index in [-0.39, 0.29) is 0 Å². The molecule has 2 N–H and O–H groups in total. The smallest absolute Gasteiger partial charge is 0.292 e. The van der Waals surface area contributed by atoms with Gasteiger partial charge < -0.3 is 10.6 Å². The number of ketones is 1. The zero-order chi connectivity index (χ0) is 16.6. The van der Waals surface area contributed by atoms with Crippen molar-refractivity contribution in [2.45, 2.75) is 12.8 Å². The fourth-order valence-electron chi connectivity index (χ4n) is 2.46. The molecule has 0 saturated heterocycles. The topological polar surface area (TPSA) is 75.3 Å². The van der Waals surface area contributed by atoms with Crippen molar-refractivity contribution in [1.82, 2.24) is 0 Å². The molecule has 23 heavy (non-hydrogen) atoms. The van der Waals surface area contributed by atoms with Crippen molar-refractivity contribution in [3.63, 3.8) is 0 Å². The maximum absolute atomic E-state index is 12.4. The van der Waals surface area contributed by atoms with E-state index in [2.05, 4.69) is 10.6 Å². The van der Waals surface area contributed by atoms with E-state index in [1.807, 2.05) is 6.92 Å². The minimum atomic E-state index is -1.12. The van der Waals surface area contributed by atoms with Gasteiger partial charge in [0.05, 0.1) is 0 Å². The fourth-order valence-corrected chi connectivity index (χ4v) is 2.64. The Morgan fingerprint density at radius 1 is 1.17 bits per heavy atom. The van der Waals surface area contributed by atoms with Gasteiger partial charge in [0, 0.05) is 16.4 Å². The lowest BCUT2D eigenvalue weighted by atomic mass is 9.95. The van der Waals surface area contributed by atoms with Crippen LogP contribution in [0.1, 0.15) is 17.0 Å². The van der Waals surface area contributed by atoms with Crippen LogP contribution in [0, 0.1) is 6.92 Å². The zero-order valence-electron chi connectivity index (χ0n) is 12.2. The Balaban J connectivity index is 1.81. The number of amides is 2. The molecule has 1 atom stereocenters. The molecule has 5 nitrogen and oxygen atoms in total. The molecule has 2 aromatic rings. The number of aryl methyl sites for hydroxylation is 1. The van der Waals surface area contributed by atoms with E-state index in [0.717, 1.165) is 5.56 Å². The first-order valence-electron chi connectivity index (χ1n) is 6.98. The summed E-state index contributed by atoms with van der Waals surface area (Å²) in [6.45, 7) is 1.83. The minimum absolute atomic E-state index is 0.408. The molecule has 3 rings (SSSR count). The summed E-state index contributed by atoms with van der Waals surface area (Å²) < 4.78 is 0. The molecule has 0 fully saturated rings. The molecule has 0 aromatic heterocycles. The highest BCUT2D eigenvalue weighted by Crippen LogP contribution is 2.33. The van der Waals surface area contributed by atoms with Gasteiger partial charge in [-0.25, -0.2) is 0 Å². The van der Waals surface area contributed by atoms with Gasteiger partial charge in [-0.1, -0.05) is 35.9 Å². The van der Waals surface area contributed by atoms with Crippen LogP contribution in [0.15, 0.2) is 42.5 Å². The molecule has 1 unspecified atom stereocenters. The largest absolute Gasteiger partial charge is 0.325 e. The van der Waals surface area contributed by atoms with Crippen LogP contribution in [0.2, 0.25) is 5.02 Å². The van der Waals surface area contributed by atoms with E-state index in [1.54, 1.807) is 42.5 Å². The van der Waals surface area contributed by atoms with Gasteiger partial charge in [-0.05, 0) is 36.2 Å². The summed E-state index contributed by atoms with van der Waals surface area (Å²) in [5.74, 6) is -3.26. The highest BCUT2D eigenvalue weighted by Gasteiger charge is 2.39. The third-order valence-corrected chi connectivity index (χ3v) is 4.11. The molecule has 0 spiro atoms. The third-order valence-electron chi connectivity index (χ3n) is 3.71. The number of carbonyl (C=O) groups excluding carboxylic acids is 3. The molecule has 2 amide bonds. The summed E-state index contributed by atoms with van der Waals surface area (Å²) in [5.41, 5.74) is 2.34. The summed E-state index contributed by atoms with van der Waals surface area (Å²) in [6, 6.07) is 11.8. The molecular formula is C17H13ClN2O3. The van der Waals surface area contributed by atoms with Gasteiger partial charge in [0.15, 0.2) is 0 Å². The summed E-state index contributed by atoms with van der Waals surface area (Å²) >= 11 is 5.99. The first-order valence-corrected chi connectivity index (χ1v) is 7.36. The minimum Gasteiger partial charge on any atom is -0.325 e. The van der Waals surface area contributed by atoms with Crippen LogP contribution in [-0.4, -0.2) is 17.6 Å². The third kappa shape index (κ3) is 2.83. The van der Waals surface area contributed by atoms with Gasteiger partial charge in [-0.3, -0.25) is 14.4 Å². The Kier molecular flexibility index (Phi) is 3.88. The number of Topliss-reactive ketones (excluding diaryl/α,β-unsaturated/α-hetero) is 1. The fraction of sp³-hybridized carbons (Fsp3) is 0.118. The molecule has 116 valence electrons. The number of fused-ring (bicyclic) bond motifs is 1. The van der Waals surface area contributed by atoms with Gasteiger partial charge in [-0.15, -0.1) is 0 Å². The number of halogens is 1. The second-order valence-electron chi connectivity index (χ2n) is 5.29. The number of benzene rings is 2. The highest BCUT2D eigenvalue weighted by molar-refractivity contribution is 6.47. The van der Waals surface area contributed by atoms with Crippen LogP contribution in [0.25, 0.3) is 0 Å². The van der Waals surface area contributed by atoms with Gasteiger partial charge in [-0.2, -0.15) is 0 Å². The van der Waals surface area contributed by atoms with E-state index in [4.69, 9.17) is 11.6 Å². The lowest BCUT2D eigenvalue weighted by Crippen LogP contribution is -2.31. The average molecular weight is 329 g/mol. The number of anilines is 2. The second kappa shape index (κ2) is 5.85. The number of carbonyl (C=O) groups is 3. The first kappa shape index (κ1) is 15.2. The van der Waals surface area contributed by atoms with E-state index < -0.39 is 23.5 Å². The normalized spacial score (nSPS) is 15.7. The van der Waals surface area contributed by atoms with E-state index in [9.17, 15) is 14.4 Å². The predicted octanol–water partition coefficient (Wildman–Crippen LogP) is 2.89. The zero-order valence-corrected chi connectivity index (χ0v) is 13.0. The molecule has 0 saturated carbocycles. The van der Waals surface area contributed by atoms with Crippen LogP contribution in [0.3, 0.4) is 0 Å². The van der Waals surface area contributed by atoms with E-state index in [1.165, 1.54) is 0 Å². The Bertz CT molecular complexity index is 832. The Morgan fingerprint density at radius 3 is 2.65 bits per heavy atom. The van der Waals surface area contributed by atoms with E-state index >= 15 is 0 Å². The molecule has 0 bridgehead atoms. The summed E-state index contributed by atoms with van der Waals surface area (Å²) in [4.78, 5) is 36.5. The van der Waals surface area contributed by atoms with Gasteiger partial charge in [0.2, 0.25) is 11.7 Å². The molecular weight excluding hydrogens is 316 g/mol. The van der Waals surface area contributed by atoms with Crippen LogP contribution in [0.5, 0.6) is 0 Å². The van der Waals surface area contributed by atoms with Gasteiger partial charge >= 0.3 is 0 Å². The standard InChI is InChI=1S/C17H13ClN2O3/c1-9-6-7-10(8-12(9)18)19-17(23)15(21)14-11-4-2-3-5-13(11)20-16(14)22/h2-8,14H,1H3,(H,19,23)(H,20,22). The van der Waals surface area contributed by atoms with Crippen molar-refractivity contribution in [3.05, 3.63) is 58.6 Å². The summed E-state index contributed by atoms with van der Waals surface area (Å²) in [7, 11) is 0. The molecule has 0 radical (unpaired) electrons. The number of rotatable bonds is 3. The molecule has 1 aliphatic heterocycles. The Morgan fingerprint density at radius 2 is 1.91 bits per heavy atom. The van der Waals surface area contributed by atoms with Crippen molar-refractivity contribution in [3.8, 4) is 0 Å². The molecule has 0 aliphatic carbocycles. The number of hydrogen-bond donors (Lipinski definition) is 2. The van der Waals surface area contributed by atoms with Crippen LogP contribution >= 0.6 is 11.6 Å². The monoisotopic (exact) mass is 328 g/mol. The lowest BCUT2D eigenvalue weighted by molar-refractivity contribution is -0.138. The average Bonchev–Trinajstić information content (AvgIpc) is 2.86. The Labute approximate surface area is 137 Å². The summed E-state index contributed by atoms with van der Waals surface area (Å²) in [5, 5.41) is 5.57. The maximum atomic E-state index is 12.4. The van der Waals surface area contributed by atoms with Crippen LogP contribution < -0.4 is 10.6 Å². The van der Waals surface area contributed by atoms with Crippen molar-refractivity contribution in [2.24, 2.45) is 0 Å².